The summed E-state index contributed by atoms with van der Waals surface area (Å²) in [6.07, 6.45) is 2.52. The molecular weight excluding hydrogens is 216 g/mol. The molecule has 0 spiro atoms. The Kier molecular flexibility index (Phi) is 3.79. The molecule has 1 aliphatic carbocycles. The highest BCUT2D eigenvalue weighted by Gasteiger charge is 2.27. The highest BCUT2D eigenvalue weighted by molar-refractivity contribution is 5.70. The van der Waals surface area contributed by atoms with Crippen molar-refractivity contribution >= 4 is 5.97 Å². The summed E-state index contributed by atoms with van der Waals surface area (Å²) < 4.78 is 4.60. The normalized spacial score (nSPS) is 20.5. The summed E-state index contributed by atoms with van der Waals surface area (Å²) in [5, 5.41) is 10.1. The number of rotatable bonds is 3. The largest absolute Gasteiger partial charge is 0.469 e. The fourth-order valence-corrected chi connectivity index (χ4v) is 2.59. The number of hydrogen-bond acceptors (Lipinski definition) is 3. The molecule has 0 heterocycles. The minimum absolute atomic E-state index is 0.0686. The third kappa shape index (κ3) is 2.67. The van der Waals surface area contributed by atoms with E-state index in [1.54, 1.807) is 0 Å². The molecule has 0 fully saturated rings. The van der Waals surface area contributed by atoms with Gasteiger partial charge < -0.3 is 9.84 Å². The van der Waals surface area contributed by atoms with Crippen LogP contribution in [-0.4, -0.2) is 24.3 Å². The Bertz CT molecular complexity index is 400. The number of aryl methyl sites for hydroxylation is 1. The van der Waals surface area contributed by atoms with Crippen molar-refractivity contribution in [2.45, 2.75) is 37.7 Å². The standard InChI is InChI=1S/C14H18O3/c1-17-14(16)9-13(15)12-8-4-6-10-5-2-3-7-11(10)12/h2-3,5,7,12-13,15H,4,6,8-9H2,1H3. The van der Waals surface area contributed by atoms with Gasteiger partial charge in [0.15, 0.2) is 0 Å². The molecule has 1 aromatic carbocycles. The topological polar surface area (TPSA) is 46.5 Å². The van der Waals surface area contributed by atoms with Gasteiger partial charge in [-0.05, 0) is 30.4 Å². The van der Waals surface area contributed by atoms with Crippen LogP contribution in [0.5, 0.6) is 0 Å². The number of aliphatic hydroxyl groups is 1. The lowest BCUT2D eigenvalue weighted by Crippen LogP contribution is -2.25. The first-order valence-electron chi connectivity index (χ1n) is 6.05. The summed E-state index contributed by atoms with van der Waals surface area (Å²) in [5.41, 5.74) is 2.49. The number of carbonyl (C=O) groups is 1. The van der Waals surface area contributed by atoms with Crippen LogP contribution in [0.4, 0.5) is 0 Å². The lowest BCUT2D eigenvalue weighted by atomic mass is 9.79. The predicted octanol–water partition coefficient (Wildman–Crippen LogP) is 2.03. The molecule has 0 radical (unpaired) electrons. The molecule has 2 unspecified atom stereocenters. The summed E-state index contributed by atoms with van der Waals surface area (Å²) in [4.78, 5) is 11.2. The Hall–Kier alpha value is -1.35. The predicted molar refractivity (Wildman–Crippen MR) is 64.8 cm³/mol. The Labute approximate surface area is 101 Å². The second kappa shape index (κ2) is 5.32. The van der Waals surface area contributed by atoms with Crippen LogP contribution < -0.4 is 0 Å². The second-order valence-electron chi connectivity index (χ2n) is 4.55. The van der Waals surface area contributed by atoms with Gasteiger partial charge in [0.05, 0.1) is 19.6 Å². The van der Waals surface area contributed by atoms with E-state index in [0.717, 1.165) is 19.3 Å². The van der Waals surface area contributed by atoms with E-state index in [4.69, 9.17) is 0 Å². The van der Waals surface area contributed by atoms with Crippen LogP contribution in [0.1, 0.15) is 36.3 Å². The zero-order chi connectivity index (χ0) is 12.3. The van der Waals surface area contributed by atoms with Gasteiger partial charge in [0.1, 0.15) is 0 Å². The molecule has 17 heavy (non-hydrogen) atoms. The summed E-state index contributed by atoms with van der Waals surface area (Å²) in [7, 11) is 1.35. The number of hydrogen-bond donors (Lipinski definition) is 1. The second-order valence-corrected chi connectivity index (χ2v) is 4.55. The van der Waals surface area contributed by atoms with Crippen molar-refractivity contribution in [2.75, 3.05) is 7.11 Å². The highest BCUT2D eigenvalue weighted by Crippen LogP contribution is 2.34. The van der Waals surface area contributed by atoms with Gasteiger partial charge in [-0.25, -0.2) is 0 Å². The maximum Gasteiger partial charge on any atom is 0.308 e. The minimum atomic E-state index is -0.635. The van der Waals surface area contributed by atoms with Gasteiger partial charge >= 0.3 is 5.97 Å². The Balaban J connectivity index is 2.15. The molecule has 92 valence electrons. The summed E-state index contributed by atoms with van der Waals surface area (Å²) >= 11 is 0. The lowest BCUT2D eigenvalue weighted by Gasteiger charge is -2.28. The van der Waals surface area contributed by atoms with Gasteiger partial charge in [-0.15, -0.1) is 0 Å². The molecule has 0 aromatic heterocycles. The lowest BCUT2D eigenvalue weighted by molar-refractivity contribution is -0.143. The molecular formula is C14H18O3. The van der Waals surface area contributed by atoms with E-state index < -0.39 is 6.10 Å². The minimum Gasteiger partial charge on any atom is -0.469 e. The number of aliphatic hydroxyl groups excluding tert-OH is 1. The van der Waals surface area contributed by atoms with E-state index in [0.29, 0.717) is 0 Å². The van der Waals surface area contributed by atoms with Crippen molar-refractivity contribution in [1.29, 1.82) is 0 Å². The molecule has 1 aromatic rings. The van der Waals surface area contributed by atoms with Gasteiger partial charge in [0.25, 0.3) is 0 Å². The van der Waals surface area contributed by atoms with Gasteiger partial charge in [-0.1, -0.05) is 24.3 Å². The number of ether oxygens (including phenoxy) is 1. The highest BCUT2D eigenvalue weighted by atomic mass is 16.5. The fraction of sp³-hybridized carbons (Fsp3) is 0.500. The first-order chi connectivity index (χ1) is 8.22. The third-order valence-corrected chi connectivity index (χ3v) is 3.48. The first-order valence-corrected chi connectivity index (χ1v) is 6.05. The van der Waals surface area contributed by atoms with E-state index in [2.05, 4.69) is 16.9 Å². The van der Waals surface area contributed by atoms with E-state index in [-0.39, 0.29) is 18.3 Å². The molecule has 1 N–H and O–H groups in total. The zero-order valence-electron chi connectivity index (χ0n) is 10.1. The molecule has 0 bridgehead atoms. The van der Waals surface area contributed by atoms with Crippen LogP contribution >= 0.6 is 0 Å². The summed E-state index contributed by atoms with van der Waals surface area (Å²) in [6.45, 7) is 0. The Morgan fingerprint density at radius 2 is 2.29 bits per heavy atom. The van der Waals surface area contributed by atoms with Crippen molar-refractivity contribution in [2.24, 2.45) is 0 Å². The molecule has 3 heteroatoms. The van der Waals surface area contributed by atoms with Crippen LogP contribution in [0.3, 0.4) is 0 Å². The number of benzene rings is 1. The summed E-state index contributed by atoms with van der Waals surface area (Å²) in [6, 6.07) is 8.17. The monoisotopic (exact) mass is 234 g/mol. The number of esters is 1. The molecule has 0 aliphatic heterocycles. The van der Waals surface area contributed by atoms with E-state index >= 15 is 0 Å². The van der Waals surface area contributed by atoms with E-state index in [1.807, 2.05) is 12.1 Å². The molecule has 1 aliphatic rings. The van der Waals surface area contributed by atoms with Gasteiger partial charge in [-0.2, -0.15) is 0 Å². The van der Waals surface area contributed by atoms with Crippen molar-refractivity contribution < 1.29 is 14.6 Å². The summed E-state index contributed by atoms with van der Waals surface area (Å²) in [5.74, 6) is -0.278. The SMILES string of the molecule is COC(=O)CC(O)C1CCCc2ccccc21. The maximum atomic E-state index is 11.2. The van der Waals surface area contributed by atoms with Crippen LogP contribution in [0.15, 0.2) is 24.3 Å². The molecule has 0 saturated heterocycles. The van der Waals surface area contributed by atoms with E-state index in [9.17, 15) is 9.90 Å². The van der Waals surface area contributed by atoms with Gasteiger partial charge in [0, 0.05) is 5.92 Å². The van der Waals surface area contributed by atoms with Crippen LogP contribution in [-0.2, 0) is 16.0 Å². The smallest absolute Gasteiger partial charge is 0.308 e. The average Bonchev–Trinajstić information content (AvgIpc) is 2.37. The molecule has 0 saturated carbocycles. The molecule has 2 atom stereocenters. The number of fused-ring (bicyclic) bond motifs is 1. The van der Waals surface area contributed by atoms with Crippen LogP contribution in [0.2, 0.25) is 0 Å². The third-order valence-electron chi connectivity index (χ3n) is 3.48. The molecule has 0 amide bonds. The number of methoxy groups -OCH3 is 1. The van der Waals surface area contributed by atoms with Crippen molar-refractivity contribution in [3.05, 3.63) is 35.4 Å². The molecule has 3 nitrogen and oxygen atoms in total. The quantitative estimate of drug-likeness (QED) is 0.814. The van der Waals surface area contributed by atoms with E-state index in [1.165, 1.54) is 18.2 Å². The van der Waals surface area contributed by atoms with Crippen molar-refractivity contribution in [3.8, 4) is 0 Å². The van der Waals surface area contributed by atoms with Gasteiger partial charge in [0.2, 0.25) is 0 Å². The van der Waals surface area contributed by atoms with Gasteiger partial charge in [-0.3, -0.25) is 4.79 Å². The Morgan fingerprint density at radius 3 is 3.06 bits per heavy atom. The fourth-order valence-electron chi connectivity index (χ4n) is 2.59. The zero-order valence-corrected chi connectivity index (χ0v) is 10.1. The van der Waals surface area contributed by atoms with Crippen molar-refractivity contribution in [1.82, 2.24) is 0 Å². The Morgan fingerprint density at radius 1 is 1.53 bits per heavy atom. The van der Waals surface area contributed by atoms with Crippen LogP contribution in [0, 0.1) is 0 Å². The maximum absolute atomic E-state index is 11.2. The average molecular weight is 234 g/mol. The number of carbonyl (C=O) groups excluding carboxylic acids is 1. The van der Waals surface area contributed by atoms with Crippen molar-refractivity contribution in [3.63, 3.8) is 0 Å². The van der Waals surface area contributed by atoms with Crippen LogP contribution in [0.25, 0.3) is 0 Å². The first kappa shape index (κ1) is 12.1. The molecule has 2 rings (SSSR count).